The van der Waals surface area contributed by atoms with E-state index in [1.165, 1.54) is 26.0 Å². The molecule has 0 radical (unpaired) electrons. The highest BCUT2D eigenvalue weighted by atomic mass is 32.2. The van der Waals surface area contributed by atoms with Crippen LogP contribution in [-0.4, -0.2) is 62.6 Å². The molecule has 0 aromatic heterocycles. The lowest BCUT2D eigenvalue weighted by atomic mass is 9.82. The molecule has 2 atom stereocenters. The Morgan fingerprint density at radius 2 is 0.907 bits per heavy atom. The lowest BCUT2D eigenvalue weighted by Crippen LogP contribution is -2.38. The summed E-state index contributed by atoms with van der Waals surface area (Å²) in [4.78, 5) is 51.3. The number of carbonyl (C=O) groups is 4. The normalized spacial score (nSPS) is 13.9. The van der Waals surface area contributed by atoms with E-state index < -0.39 is 55.6 Å². The molecule has 0 bridgehead atoms. The first-order valence-corrected chi connectivity index (χ1v) is 19.7. The molecule has 6 N–H and O–H groups in total. The maximum absolute atomic E-state index is 14.3. The van der Waals surface area contributed by atoms with E-state index in [0.717, 1.165) is 0 Å². The topological polar surface area (TPSA) is 225 Å². The molecule has 0 fully saturated rings. The highest BCUT2D eigenvalue weighted by Gasteiger charge is 2.35. The number of fused-ring (bicyclic) bond motifs is 2. The van der Waals surface area contributed by atoms with E-state index >= 15 is 0 Å². The van der Waals surface area contributed by atoms with Crippen molar-refractivity contribution in [3.8, 4) is 0 Å². The fourth-order valence-electron chi connectivity index (χ4n) is 6.93. The molecule has 14 nitrogen and oxygen atoms in total. The Balaban J connectivity index is 1.70. The second kappa shape index (κ2) is 14.4. The molecule has 5 rings (SSSR count). The molecule has 54 heavy (non-hydrogen) atoms. The van der Waals surface area contributed by atoms with Crippen molar-refractivity contribution in [1.82, 2.24) is 9.44 Å². The largest absolute Gasteiger partial charge is 0.480 e. The number of rotatable bonds is 12. The van der Waals surface area contributed by atoms with Crippen LogP contribution in [0.2, 0.25) is 0 Å². The molecule has 2 unspecified atom stereocenters. The van der Waals surface area contributed by atoms with Crippen LogP contribution >= 0.6 is 0 Å². The molecular weight excluding hydrogens is 737 g/mol. The van der Waals surface area contributed by atoms with Gasteiger partial charge in [0.05, 0.1) is 32.3 Å². The number of hydrogen-bond donors (Lipinski definition) is 6. The summed E-state index contributed by atoms with van der Waals surface area (Å²) in [5.41, 5.74) is 3.68. The van der Waals surface area contributed by atoms with E-state index in [2.05, 4.69) is 20.1 Å². The van der Waals surface area contributed by atoms with Gasteiger partial charge in [-0.3, -0.25) is 19.2 Å². The summed E-state index contributed by atoms with van der Waals surface area (Å²) in [7, 11) is -8.66. The molecule has 4 aromatic rings. The Morgan fingerprint density at radius 1 is 0.574 bits per heavy atom. The molecule has 4 aromatic carbocycles. The molecule has 16 heteroatoms. The zero-order valence-corrected chi connectivity index (χ0v) is 32.4. The van der Waals surface area contributed by atoms with Crippen molar-refractivity contribution in [3.63, 3.8) is 0 Å². The minimum atomic E-state index is -4.33. The van der Waals surface area contributed by atoms with Crippen LogP contribution in [0.3, 0.4) is 0 Å². The smallest absolute Gasteiger partial charge is 0.321 e. The van der Waals surface area contributed by atoms with Gasteiger partial charge in [-0.25, -0.2) is 16.8 Å². The van der Waals surface area contributed by atoms with E-state index in [1.807, 2.05) is 0 Å². The second-order valence-electron chi connectivity index (χ2n) is 13.4. The van der Waals surface area contributed by atoms with Crippen molar-refractivity contribution in [2.75, 3.05) is 10.6 Å². The van der Waals surface area contributed by atoms with Crippen LogP contribution in [0.15, 0.2) is 58.3 Å². The predicted octanol–water partition coefficient (Wildman–Crippen LogP) is 5.30. The number of ketones is 2. The first kappa shape index (κ1) is 39.8. The van der Waals surface area contributed by atoms with Crippen LogP contribution in [0.1, 0.15) is 79.1 Å². The number of carbonyl (C=O) groups excluding carboxylic acids is 2. The molecule has 0 saturated carbocycles. The minimum Gasteiger partial charge on any atom is -0.480 e. The number of anilines is 4. The Kier molecular flexibility index (Phi) is 10.6. The van der Waals surface area contributed by atoms with Gasteiger partial charge in [0.1, 0.15) is 12.1 Å². The first-order chi connectivity index (χ1) is 25.1. The zero-order valence-electron chi connectivity index (χ0n) is 30.8. The summed E-state index contributed by atoms with van der Waals surface area (Å²) < 4.78 is 58.2. The fraction of sp³-hybridized carbons (Fsp3) is 0.263. The highest BCUT2D eigenvalue weighted by molar-refractivity contribution is 7.90. The number of hydrogen-bond acceptors (Lipinski definition) is 10. The van der Waals surface area contributed by atoms with Crippen molar-refractivity contribution in [3.05, 3.63) is 104 Å². The molecule has 0 saturated heterocycles. The third-order valence-electron chi connectivity index (χ3n) is 9.34. The number of carboxylic acids is 2. The zero-order chi connectivity index (χ0) is 40.2. The van der Waals surface area contributed by atoms with Gasteiger partial charge in [0, 0.05) is 22.5 Å². The van der Waals surface area contributed by atoms with Gasteiger partial charge in [-0.15, -0.1) is 0 Å². The molecular formula is C38H40N4O10S2. The van der Waals surface area contributed by atoms with Crippen molar-refractivity contribution < 1.29 is 46.2 Å². The van der Waals surface area contributed by atoms with E-state index in [1.54, 1.807) is 77.9 Å². The number of nitrogens with one attached hydrogen (secondary N) is 4. The van der Waals surface area contributed by atoms with Crippen molar-refractivity contribution >= 4 is 66.3 Å². The Bertz CT molecular complexity index is 2360. The lowest BCUT2D eigenvalue weighted by molar-refractivity contribution is -0.139. The average Bonchev–Trinajstić information content (AvgIpc) is 3.06. The van der Waals surface area contributed by atoms with Gasteiger partial charge < -0.3 is 20.8 Å². The van der Waals surface area contributed by atoms with Gasteiger partial charge >= 0.3 is 11.9 Å². The summed E-state index contributed by atoms with van der Waals surface area (Å²) in [5.74, 6) is -3.71. The van der Waals surface area contributed by atoms with Crippen molar-refractivity contribution in [1.29, 1.82) is 0 Å². The van der Waals surface area contributed by atoms with Crippen LogP contribution < -0.4 is 20.1 Å². The molecule has 1 aliphatic carbocycles. The Morgan fingerprint density at radius 3 is 1.22 bits per heavy atom. The summed E-state index contributed by atoms with van der Waals surface area (Å²) in [6, 6.07) is 9.80. The van der Waals surface area contributed by atoms with Crippen LogP contribution in [0, 0.1) is 41.5 Å². The number of benzene rings is 4. The van der Waals surface area contributed by atoms with Gasteiger partial charge in [-0.2, -0.15) is 9.44 Å². The number of aliphatic carboxylic acids is 2. The first-order valence-electron chi connectivity index (χ1n) is 16.7. The quantitative estimate of drug-likeness (QED) is 0.0949. The van der Waals surface area contributed by atoms with Crippen molar-refractivity contribution in [2.24, 2.45) is 0 Å². The summed E-state index contributed by atoms with van der Waals surface area (Å²) in [5, 5.41) is 25.1. The van der Waals surface area contributed by atoms with Gasteiger partial charge in [0.2, 0.25) is 20.0 Å². The second-order valence-corrected chi connectivity index (χ2v) is 16.7. The van der Waals surface area contributed by atoms with Crippen LogP contribution in [0.5, 0.6) is 0 Å². The maximum Gasteiger partial charge on any atom is 0.321 e. The van der Waals surface area contributed by atoms with Crippen LogP contribution in [0.25, 0.3) is 0 Å². The molecule has 0 heterocycles. The SMILES string of the molecule is Cc1cc(C)c(S(=O)(=O)NC(C)C(=O)O)c(C)c1Nc1ccc(Nc2c(C)cc(C)c(S(=O)(=O)NC(C)C(=O)O)c2C)c2c1C(=O)c1ccccc1C2=O. The van der Waals surface area contributed by atoms with E-state index in [-0.39, 0.29) is 54.5 Å². The summed E-state index contributed by atoms with van der Waals surface area (Å²) >= 11 is 0. The molecule has 0 spiro atoms. The van der Waals surface area contributed by atoms with E-state index in [0.29, 0.717) is 33.6 Å². The highest BCUT2D eigenvalue weighted by Crippen LogP contribution is 2.42. The van der Waals surface area contributed by atoms with Gasteiger partial charge in [-0.1, -0.05) is 36.4 Å². The van der Waals surface area contributed by atoms with Crippen LogP contribution in [-0.2, 0) is 29.6 Å². The van der Waals surface area contributed by atoms with Crippen LogP contribution in [0.4, 0.5) is 22.7 Å². The van der Waals surface area contributed by atoms with Gasteiger partial charge in [-0.05, 0) is 101 Å². The summed E-state index contributed by atoms with van der Waals surface area (Å²) in [6.45, 7) is 12.1. The van der Waals surface area contributed by atoms with Gasteiger partial charge in [0.15, 0.2) is 11.6 Å². The van der Waals surface area contributed by atoms with Gasteiger partial charge in [0.25, 0.3) is 0 Å². The molecule has 284 valence electrons. The molecule has 1 aliphatic rings. The van der Waals surface area contributed by atoms with Crippen molar-refractivity contribution in [2.45, 2.75) is 77.3 Å². The third kappa shape index (κ3) is 7.12. The monoisotopic (exact) mass is 776 g/mol. The fourth-order valence-corrected chi connectivity index (χ4v) is 10.3. The summed E-state index contributed by atoms with van der Waals surface area (Å²) in [6.07, 6.45) is 0. The predicted molar refractivity (Wildman–Crippen MR) is 202 cm³/mol. The minimum absolute atomic E-state index is 0.0164. The number of carboxylic acid groups (broad SMARTS) is 2. The Hall–Kier alpha value is -5.42. The Labute approximate surface area is 313 Å². The lowest BCUT2D eigenvalue weighted by Gasteiger charge is -2.26. The molecule has 0 aliphatic heterocycles. The number of sulfonamides is 2. The number of aryl methyl sites for hydroxylation is 4. The van der Waals surface area contributed by atoms with E-state index in [9.17, 15) is 46.2 Å². The maximum atomic E-state index is 14.3. The van der Waals surface area contributed by atoms with E-state index in [4.69, 9.17) is 0 Å². The third-order valence-corrected chi connectivity index (χ3v) is 13.0. The molecule has 0 amide bonds. The average molecular weight is 777 g/mol. The standard InChI is InChI=1S/C38H40N4O10S2/c1-17-15-19(3)35(53(49,50)41-23(7)37(45)46)21(5)31(17)39-27-13-14-28(30-29(27)33(43)25-11-9-10-12-26(25)34(30)44)40-32-18(2)16-20(4)36(22(32)6)54(51,52)42-24(8)38(47)48/h9-16,23-24,39-42H,1-8H3,(H,45,46)(H,47,48).